The lowest BCUT2D eigenvalue weighted by molar-refractivity contribution is 0.463. The lowest BCUT2D eigenvalue weighted by atomic mass is 10.2. The fraction of sp³-hybridized carbons (Fsp3) is 0.222. The summed E-state index contributed by atoms with van der Waals surface area (Å²) in [7, 11) is -4.23. The van der Waals surface area contributed by atoms with Crippen LogP contribution in [0.15, 0.2) is 27.7 Å². The summed E-state index contributed by atoms with van der Waals surface area (Å²) < 4.78 is 31.4. The molecule has 0 aliphatic heterocycles. The molecule has 0 spiro atoms. The first kappa shape index (κ1) is 13.1. The topological polar surface area (TPSA) is 89.8 Å². The zero-order chi connectivity index (χ0) is 12.2. The van der Waals surface area contributed by atoms with E-state index in [-0.39, 0.29) is 12.3 Å². The van der Waals surface area contributed by atoms with Gasteiger partial charge in [-0.25, -0.2) is 8.42 Å². The molecule has 1 aromatic carbocycles. The van der Waals surface area contributed by atoms with Crippen LogP contribution in [0.1, 0.15) is 5.56 Å². The van der Waals surface area contributed by atoms with Crippen LogP contribution in [0.4, 0.5) is 0 Å². The van der Waals surface area contributed by atoms with Crippen molar-refractivity contribution in [2.75, 3.05) is 12.3 Å². The summed E-state index contributed by atoms with van der Waals surface area (Å²) in [5.41, 5.74) is 0.456. The van der Waals surface area contributed by atoms with Crippen molar-refractivity contribution < 1.29 is 18.1 Å². The van der Waals surface area contributed by atoms with Gasteiger partial charge in [-0.2, -0.15) is 0 Å². The Kier molecular flexibility index (Phi) is 4.45. The van der Waals surface area contributed by atoms with Crippen molar-refractivity contribution >= 4 is 32.3 Å². The number of hydrogen-bond donors (Lipinski definition) is 1. The number of rotatable bonds is 4. The predicted octanol–water partition coefficient (Wildman–Crippen LogP) is 1.12. The van der Waals surface area contributed by atoms with Crippen molar-refractivity contribution in [2.45, 2.75) is 0 Å². The van der Waals surface area contributed by atoms with E-state index in [0.717, 1.165) is 0 Å². The van der Waals surface area contributed by atoms with Gasteiger partial charge in [0.25, 0.3) is 0 Å². The number of aliphatic imine (C=N–C) groups is 1. The summed E-state index contributed by atoms with van der Waals surface area (Å²) in [4.78, 5) is 3.74. The Morgan fingerprint density at radius 2 is 2.19 bits per heavy atom. The van der Waals surface area contributed by atoms with Gasteiger partial charge in [0.05, 0.1) is 26.9 Å². The average Bonchev–Trinajstić information content (AvgIpc) is 2.17. The molecular formula is C9H9BrNO4S-. The molecule has 0 aliphatic carbocycles. The maximum Gasteiger partial charge on any atom is 0.138 e. The highest BCUT2D eigenvalue weighted by Crippen LogP contribution is 2.25. The molecular weight excluding hydrogens is 298 g/mol. The number of para-hydroxylation sites is 1. The van der Waals surface area contributed by atoms with Gasteiger partial charge in [0, 0.05) is 11.8 Å². The molecule has 0 heterocycles. The fourth-order valence-corrected chi connectivity index (χ4v) is 1.67. The molecule has 0 saturated heterocycles. The van der Waals surface area contributed by atoms with Crippen molar-refractivity contribution in [1.82, 2.24) is 0 Å². The highest BCUT2D eigenvalue weighted by atomic mass is 79.9. The van der Waals surface area contributed by atoms with E-state index in [1.54, 1.807) is 18.2 Å². The molecule has 0 bridgehead atoms. The van der Waals surface area contributed by atoms with Crippen LogP contribution in [-0.2, 0) is 10.1 Å². The van der Waals surface area contributed by atoms with Gasteiger partial charge in [0.15, 0.2) is 0 Å². The Bertz CT molecular complexity index is 498. The van der Waals surface area contributed by atoms with Crippen molar-refractivity contribution in [3.63, 3.8) is 0 Å². The second-order valence-corrected chi connectivity index (χ2v) is 5.35. The third kappa shape index (κ3) is 4.30. The Hall–Kier alpha value is -0.920. The molecule has 0 saturated carbocycles. The maximum absolute atomic E-state index is 10.3. The summed E-state index contributed by atoms with van der Waals surface area (Å²) in [5.74, 6) is -0.519. The van der Waals surface area contributed by atoms with Gasteiger partial charge >= 0.3 is 0 Å². The van der Waals surface area contributed by atoms with E-state index < -0.39 is 15.9 Å². The first-order valence-electron chi connectivity index (χ1n) is 4.31. The first-order valence-corrected chi connectivity index (χ1v) is 6.68. The number of phenolic OH excluding ortho intramolecular Hbond substituents is 1. The van der Waals surface area contributed by atoms with Crippen LogP contribution in [0.2, 0.25) is 0 Å². The number of benzene rings is 1. The second kappa shape index (κ2) is 5.42. The van der Waals surface area contributed by atoms with Crippen molar-refractivity contribution in [2.24, 2.45) is 4.99 Å². The molecule has 16 heavy (non-hydrogen) atoms. The Morgan fingerprint density at radius 3 is 2.81 bits per heavy atom. The van der Waals surface area contributed by atoms with Gasteiger partial charge in [0.1, 0.15) is 5.75 Å². The fourth-order valence-electron chi connectivity index (χ4n) is 0.964. The van der Waals surface area contributed by atoms with E-state index in [1.807, 2.05) is 0 Å². The third-order valence-corrected chi connectivity index (χ3v) is 3.04. The lowest BCUT2D eigenvalue weighted by Gasteiger charge is -2.03. The van der Waals surface area contributed by atoms with Crippen LogP contribution in [0.25, 0.3) is 0 Å². The van der Waals surface area contributed by atoms with Gasteiger partial charge < -0.3 is 9.66 Å². The van der Waals surface area contributed by atoms with E-state index >= 15 is 0 Å². The standard InChI is InChI=1S/C9H10BrNO4S/c10-8-3-1-2-7(9(8)12)6-11-4-5-16(13,14)15/h1-3,6,12H,4-5H2,(H,13,14,15)/p-1. The van der Waals surface area contributed by atoms with Crippen LogP contribution in [0.3, 0.4) is 0 Å². The minimum Gasteiger partial charge on any atom is -0.748 e. The van der Waals surface area contributed by atoms with E-state index in [1.165, 1.54) is 6.21 Å². The minimum atomic E-state index is -4.23. The van der Waals surface area contributed by atoms with Gasteiger partial charge in [-0.1, -0.05) is 6.07 Å². The largest absolute Gasteiger partial charge is 0.748 e. The first-order chi connectivity index (χ1) is 7.40. The third-order valence-electron chi connectivity index (χ3n) is 1.72. The summed E-state index contributed by atoms with van der Waals surface area (Å²) in [6.45, 7) is -0.113. The summed E-state index contributed by atoms with van der Waals surface area (Å²) in [5, 5.41) is 9.54. The molecule has 88 valence electrons. The zero-order valence-electron chi connectivity index (χ0n) is 8.13. The Labute approximate surface area is 102 Å². The van der Waals surface area contributed by atoms with Crippen molar-refractivity contribution in [3.05, 3.63) is 28.2 Å². The highest BCUT2D eigenvalue weighted by molar-refractivity contribution is 9.10. The number of hydrogen-bond acceptors (Lipinski definition) is 5. The summed E-state index contributed by atoms with van der Waals surface area (Å²) in [6.07, 6.45) is 1.32. The second-order valence-electron chi connectivity index (χ2n) is 2.97. The molecule has 1 aromatic rings. The van der Waals surface area contributed by atoms with E-state index in [0.29, 0.717) is 10.0 Å². The van der Waals surface area contributed by atoms with Crippen LogP contribution in [-0.4, -0.2) is 36.6 Å². The molecule has 7 heteroatoms. The number of phenols is 1. The SMILES string of the molecule is O=S(=O)([O-])CCN=Cc1cccc(Br)c1O. The Balaban J connectivity index is 2.67. The number of nitrogens with zero attached hydrogens (tertiary/aromatic N) is 1. The van der Waals surface area contributed by atoms with Crippen molar-refractivity contribution in [1.29, 1.82) is 0 Å². The molecule has 0 atom stereocenters. The van der Waals surface area contributed by atoms with Crippen LogP contribution < -0.4 is 0 Å². The molecule has 1 rings (SSSR count). The normalized spacial score (nSPS) is 12.1. The zero-order valence-corrected chi connectivity index (χ0v) is 10.5. The summed E-state index contributed by atoms with van der Waals surface area (Å²) >= 11 is 3.13. The van der Waals surface area contributed by atoms with Crippen LogP contribution in [0, 0.1) is 0 Å². The number of halogens is 1. The maximum atomic E-state index is 10.3. The van der Waals surface area contributed by atoms with Gasteiger partial charge in [-0.3, -0.25) is 4.99 Å². The monoisotopic (exact) mass is 306 g/mol. The smallest absolute Gasteiger partial charge is 0.138 e. The van der Waals surface area contributed by atoms with Crippen LogP contribution in [0.5, 0.6) is 5.75 Å². The van der Waals surface area contributed by atoms with Crippen molar-refractivity contribution in [3.8, 4) is 5.75 Å². The minimum absolute atomic E-state index is 0.0243. The average molecular weight is 307 g/mol. The molecule has 5 nitrogen and oxygen atoms in total. The van der Waals surface area contributed by atoms with E-state index in [4.69, 9.17) is 0 Å². The molecule has 0 aromatic heterocycles. The summed E-state index contributed by atoms with van der Waals surface area (Å²) in [6, 6.07) is 4.99. The predicted molar refractivity (Wildman–Crippen MR) is 62.8 cm³/mol. The van der Waals surface area contributed by atoms with Gasteiger partial charge in [0.2, 0.25) is 0 Å². The van der Waals surface area contributed by atoms with Gasteiger partial charge in [-0.05, 0) is 28.1 Å². The van der Waals surface area contributed by atoms with E-state index in [2.05, 4.69) is 20.9 Å². The molecule has 0 unspecified atom stereocenters. The molecule has 0 radical (unpaired) electrons. The molecule has 0 aliphatic rings. The quantitative estimate of drug-likeness (QED) is 0.666. The lowest BCUT2D eigenvalue weighted by Crippen LogP contribution is -2.07. The Morgan fingerprint density at radius 1 is 1.50 bits per heavy atom. The molecule has 0 amide bonds. The molecule has 0 fully saturated rings. The van der Waals surface area contributed by atoms with Crippen LogP contribution >= 0.6 is 15.9 Å². The molecule has 1 N–H and O–H groups in total. The van der Waals surface area contributed by atoms with Gasteiger partial charge in [-0.15, -0.1) is 0 Å². The highest BCUT2D eigenvalue weighted by Gasteiger charge is 2.01. The number of aromatic hydroxyl groups is 1. The van der Waals surface area contributed by atoms with E-state index in [9.17, 15) is 18.1 Å².